The molecule has 82 heavy (non-hydrogen) atoms. The Hall–Kier alpha value is -3.93. The van der Waals surface area contributed by atoms with Crippen molar-refractivity contribution in [1.29, 1.82) is 0 Å². The molecule has 6 nitrogen and oxygen atoms in total. The first-order valence-corrected chi connectivity index (χ1v) is 34.9. The van der Waals surface area contributed by atoms with Gasteiger partial charge in [-0.15, -0.1) is 0 Å². The summed E-state index contributed by atoms with van der Waals surface area (Å²) in [5.41, 5.74) is 0. The summed E-state index contributed by atoms with van der Waals surface area (Å²) in [5, 5.41) is 0. The van der Waals surface area contributed by atoms with E-state index in [4.69, 9.17) is 14.2 Å². The van der Waals surface area contributed by atoms with E-state index < -0.39 is 12.1 Å². The number of hydrogen-bond donors (Lipinski definition) is 0. The molecule has 0 amide bonds. The Morgan fingerprint density at radius 3 is 0.817 bits per heavy atom. The predicted octanol–water partition coefficient (Wildman–Crippen LogP) is 24.2. The average molecular weight is 1140 g/mol. The molecule has 6 heteroatoms. The van der Waals surface area contributed by atoms with Crippen LogP contribution in [0.2, 0.25) is 0 Å². The largest absolute Gasteiger partial charge is 0.462 e. The Morgan fingerprint density at radius 2 is 0.500 bits per heavy atom. The van der Waals surface area contributed by atoms with E-state index in [-0.39, 0.29) is 31.6 Å². The Morgan fingerprint density at radius 1 is 0.256 bits per heavy atom. The Bertz CT molecular complexity index is 1640. The van der Waals surface area contributed by atoms with Gasteiger partial charge in [-0.3, -0.25) is 14.4 Å². The Kier molecular flexibility index (Phi) is 66.2. The second-order valence-electron chi connectivity index (χ2n) is 23.1. The molecule has 0 aliphatic rings. The molecular formula is C76H130O6. The minimum absolute atomic E-state index is 0.110. The van der Waals surface area contributed by atoms with Crippen LogP contribution in [0.15, 0.2) is 109 Å². The van der Waals surface area contributed by atoms with E-state index in [0.717, 1.165) is 89.9 Å². The molecule has 0 fully saturated rings. The van der Waals surface area contributed by atoms with Crippen molar-refractivity contribution >= 4 is 17.9 Å². The first kappa shape index (κ1) is 78.1. The van der Waals surface area contributed by atoms with Crippen LogP contribution < -0.4 is 0 Å². The van der Waals surface area contributed by atoms with Gasteiger partial charge in [0.25, 0.3) is 0 Å². The van der Waals surface area contributed by atoms with E-state index in [1.54, 1.807) is 0 Å². The predicted molar refractivity (Wildman–Crippen MR) is 357 cm³/mol. The van der Waals surface area contributed by atoms with E-state index in [9.17, 15) is 14.4 Å². The zero-order valence-corrected chi connectivity index (χ0v) is 54.0. The van der Waals surface area contributed by atoms with E-state index in [0.29, 0.717) is 19.3 Å². The van der Waals surface area contributed by atoms with Gasteiger partial charge < -0.3 is 14.2 Å². The molecule has 0 aromatic heterocycles. The first-order chi connectivity index (χ1) is 40.5. The number of carbonyl (C=O) groups is 3. The fraction of sp³-hybridized carbons (Fsp3) is 0.724. The van der Waals surface area contributed by atoms with E-state index in [2.05, 4.69) is 124 Å². The quantitative estimate of drug-likeness (QED) is 0.0261. The molecule has 0 aromatic carbocycles. The minimum Gasteiger partial charge on any atom is -0.462 e. The molecule has 0 saturated carbocycles. The lowest BCUT2D eigenvalue weighted by molar-refractivity contribution is -0.166. The van der Waals surface area contributed by atoms with Gasteiger partial charge in [0.1, 0.15) is 13.2 Å². The third kappa shape index (κ3) is 66.9. The highest BCUT2D eigenvalue weighted by Gasteiger charge is 2.19. The lowest BCUT2D eigenvalue weighted by Gasteiger charge is -2.18. The van der Waals surface area contributed by atoms with Gasteiger partial charge in [0.05, 0.1) is 0 Å². The summed E-state index contributed by atoms with van der Waals surface area (Å²) in [7, 11) is 0. The van der Waals surface area contributed by atoms with Gasteiger partial charge >= 0.3 is 17.9 Å². The molecule has 1 atom stereocenters. The Labute approximate surface area is 508 Å². The highest BCUT2D eigenvalue weighted by Crippen LogP contribution is 2.17. The van der Waals surface area contributed by atoms with Crippen LogP contribution in [0.3, 0.4) is 0 Å². The van der Waals surface area contributed by atoms with Crippen LogP contribution >= 0.6 is 0 Å². The summed E-state index contributed by atoms with van der Waals surface area (Å²) in [6.45, 7) is 6.48. The SMILES string of the molecule is CC/C=C\C/C=C\C/C=C\C/C=C\C/C=C\C/C=C\CCC(=O)OC(COC(=O)CCCCCCCCC/C=C\C/C=C\CCCCCC)COC(=O)CCCCCCCCCCCCCCCCC/C=C\CCCCCCCCCC. The van der Waals surface area contributed by atoms with Crippen LogP contribution in [0.1, 0.15) is 335 Å². The van der Waals surface area contributed by atoms with Crippen LogP contribution in [0.5, 0.6) is 0 Å². The summed E-state index contributed by atoms with van der Waals surface area (Å²) < 4.78 is 16.9. The molecule has 0 aliphatic carbocycles. The van der Waals surface area contributed by atoms with Gasteiger partial charge in [-0.25, -0.2) is 0 Å². The first-order valence-electron chi connectivity index (χ1n) is 34.9. The van der Waals surface area contributed by atoms with Crippen LogP contribution in [0.4, 0.5) is 0 Å². The number of rotatable bonds is 63. The molecule has 0 aliphatic heterocycles. The molecule has 0 radical (unpaired) electrons. The van der Waals surface area contributed by atoms with Crippen LogP contribution in [-0.2, 0) is 28.6 Å². The molecule has 0 N–H and O–H groups in total. The Balaban J connectivity index is 4.40. The monoisotopic (exact) mass is 1140 g/mol. The van der Waals surface area contributed by atoms with Crippen LogP contribution in [-0.4, -0.2) is 37.2 Å². The van der Waals surface area contributed by atoms with E-state index in [1.807, 2.05) is 6.08 Å². The second kappa shape index (κ2) is 69.6. The summed E-state index contributed by atoms with van der Waals surface area (Å²) in [5.74, 6) is -0.991. The van der Waals surface area contributed by atoms with Crippen LogP contribution in [0.25, 0.3) is 0 Å². The molecule has 0 spiro atoms. The van der Waals surface area contributed by atoms with E-state index in [1.165, 1.54) is 199 Å². The fourth-order valence-electron chi connectivity index (χ4n) is 9.79. The molecular weight excluding hydrogens is 1010 g/mol. The number of esters is 3. The molecule has 470 valence electrons. The van der Waals surface area contributed by atoms with Crippen molar-refractivity contribution in [3.05, 3.63) is 109 Å². The molecule has 0 saturated heterocycles. The zero-order chi connectivity index (χ0) is 59.2. The number of hydrogen-bond acceptors (Lipinski definition) is 6. The lowest BCUT2D eigenvalue weighted by Crippen LogP contribution is -2.30. The van der Waals surface area contributed by atoms with Crippen molar-refractivity contribution in [1.82, 2.24) is 0 Å². The van der Waals surface area contributed by atoms with Crippen molar-refractivity contribution in [3.8, 4) is 0 Å². The van der Waals surface area contributed by atoms with Crippen molar-refractivity contribution in [3.63, 3.8) is 0 Å². The van der Waals surface area contributed by atoms with Crippen molar-refractivity contribution in [2.75, 3.05) is 13.2 Å². The smallest absolute Gasteiger partial charge is 0.306 e. The molecule has 0 heterocycles. The lowest BCUT2D eigenvalue weighted by atomic mass is 10.0. The third-order valence-corrected chi connectivity index (χ3v) is 15.0. The molecule has 0 rings (SSSR count). The second-order valence-corrected chi connectivity index (χ2v) is 23.1. The average Bonchev–Trinajstić information content (AvgIpc) is 3.47. The third-order valence-electron chi connectivity index (χ3n) is 15.0. The minimum atomic E-state index is -0.825. The number of unbranched alkanes of at least 4 members (excludes halogenated alkanes) is 34. The standard InChI is InChI=1S/C76H130O6/c1-4-7-10-13-16-19-22-25-28-31-34-35-36-37-38-39-40-41-43-45-48-51-54-57-60-63-66-69-75(78)81-72-73(71-80-74(77)68-65-62-59-56-53-50-47-44-33-30-27-24-21-18-15-12-9-6-3)82-76(79)70-67-64-61-58-55-52-49-46-42-32-29-26-23-20-17-14-11-8-5-2/h8,11,17,20-21,24,26,29-31,33-34,42,46,52,55,61,64,73H,4-7,9-10,12-16,18-19,22-23,25,27-28,32,35-41,43-45,47-51,53-54,56-60,62-63,65-72H2,1-3H3/b11-8-,20-17-,24-21-,29-26-,33-30-,34-31-,46-42-,55-52-,64-61-. The highest BCUT2D eigenvalue weighted by molar-refractivity contribution is 5.71. The van der Waals surface area contributed by atoms with Crippen molar-refractivity contribution in [2.24, 2.45) is 0 Å². The van der Waals surface area contributed by atoms with Crippen molar-refractivity contribution in [2.45, 2.75) is 341 Å². The van der Waals surface area contributed by atoms with Crippen LogP contribution in [0, 0.1) is 0 Å². The maximum atomic E-state index is 12.9. The van der Waals surface area contributed by atoms with Crippen molar-refractivity contribution < 1.29 is 28.6 Å². The summed E-state index contributed by atoms with van der Waals surface area (Å²) in [6, 6.07) is 0. The summed E-state index contributed by atoms with van der Waals surface area (Å²) >= 11 is 0. The number of allylic oxidation sites excluding steroid dienone is 18. The number of carbonyl (C=O) groups excluding carboxylic acids is 3. The van der Waals surface area contributed by atoms with Gasteiger partial charge in [0, 0.05) is 19.3 Å². The van der Waals surface area contributed by atoms with Gasteiger partial charge in [0.2, 0.25) is 0 Å². The van der Waals surface area contributed by atoms with Gasteiger partial charge in [0.15, 0.2) is 6.10 Å². The molecule has 1 unspecified atom stereocenters. The van der Waals surface area contributed by atoms with E-state index >= 15 is 0 Å². The fourth-order valence-corrected chi connectivity index (χ4v) is 9.79. The topological polar surface area (TPSA) is 78.9 Å². The zero-order valence-electron chi connectivity index (χ0n) is 54.0. The maximum Gasteiger partial charge on any atom is 0.306 e. The summed E-state index contributed by atoms with van der Waals surface area (Å²) in [4.78, 5) is 38.4. The number of ether oxygens (including phenoxy) is 3. The van der Waals surface area contributed by atoms with Gasteiger partial charge in [-0.05, 0) is 116 Å². The summed E-state index contributed by atoms with van der Waals surface area (Å²) in [6.07, 6.45) is 95.5. The van der Waals surface area contributed by atoms with Gasteiger partial charge in [-0.1, -0.05) is 310 Å². The molecule has 0 aromatic rings. The molecule has 0 bridgehead atoms. The highest BCUT2D eigenvalue weighted by atomic mass is 16.6. The maximum absolute atomic E-state index is 12.9. The van der Waals surface area contributed by atoms with Gasteiger partial charge in [-0.2, -0.15) is 0 Å². The normalized spacial score (nSPS) is 12.8.